The third-order valence-electron chi connectivity index (χ3n) is 6.71. The van der Waals surface area contributed by atoms with Crippen molar-refractivity contribution in [3.8, 4) is 5.75 Å². The average molecular weight is 569 g/mol. The van der Waals surface area contributed by atoms with Crippen molar-refractivity contribution >= 4 is 29.0 Å². The quantitative estimate of drug-likeness (QED) is 0.156. The normalized spacial score (nSPS) is 11.3. The molecule has 0 saturated carbocycles. The second-order valence-corrected chi connectivity index (χ2v) is 9.53. The average Bonchev–Trinajstić information content (AvgIpc) is 3.03. The molecule has 0 bridgehead atoms. The highest BCUT2D eigenvalue weighted by molar-refractivity contribution is 6.12. The fraction of sp³-hybridized carbons (Fsp3) is 0.206. The molecule has 0 fully saturated rings. The summed E-state index contributed by atoms with van der Waals surface area (Å²) in [6.45, 7) is 2.31. The minimum Gasteiger partial charge on any atom is -0.492 e. The molecule has 0 unspecified atom stereocenters. The Morgan fingerprint density at radius 3 is 2.19 bits per heavy atom. The van der Waals surface area contributed by atoms with Gasteiger partial charge in [-0.15, -0.1) is 0 Å². The van der Waals surface area contributed by atoms with Crippen LogP contribution in [-0.4, -0.2) is 44.0 Å². The number of hydrogen-bond acceptors (Lipinski definition) is 6. The fourth-order valence-corrected chi connectivity index (χ4v) is 4.50. The van der Waals surface area contributed by atoms with Crippen LogP contribution in [0.25, 0.3) is 0 Å². The van der Waals surface area contributed by atoms with E-state index < -0.39 is 12.0 Å². The number of halogens is 1. The summed E-state index contributed by atoms with van der Waals surface area (Å²) >= 11 is 0. The summed E-state index contributed by atoms with van der Waals surface area (Å²) in [7, 11) is 1.33. The van der Waals surface area contributed by atoms with Crippen LogP contribution in [-0.2, 0) is 20.7 Å². The van der Waals surface area contributed by atoms with Crippen molar-refractivity contribution < 1.29 is 28.2 Å². The third kappa shape index (κ3) is 7.81. The number of nitrogens with one attached hydrogen (secondary N) is 1. The topological polar surface area (TPSA) is 84.9 Å². The first-order valence-electron chi connectivity index (χ1n) is 13.7. The molecule has 42 heavy (non-hydrogen) atoms. The highest BCUT2D eigenvalue weighted by Gasteiger charge is 2.23. The highest BCUT2D eigenvalue weighted by atomic mass is 19.1. The van der Waals surface area contributed by atoms with Crippen LogP contribution in [0.5, 0.6) is 5.75 Å². The molecule has 1 amide bonds. The molecule has 0 radical (unpaired) electrons. The Labute approximate surface area is 244 Å². The van der Waals surface area contributed by atoms with Crippen molar-refractivity contribution in [2.24, 2.45) is 0 Å². The predicted molar refractivity (Wildman–Crippen MR) is 160 cm³/mol. The summed E-state index contributed by atoms with van der Waals surface area (Å²) in [4.78, 5) is 39.9. The maximum atomic E-state index is 13.3. The van der Waals surface area contributed by atoms with Crippen LogP contribution >= 0.6 is 0 Å². The number of carbonyl (C=O) groups excluding carboxylic acids is 3. The summed E-state index contributed by atoms with van der Waals surface area (Å²) < 4.78 is 24.3. The molecule has 216 valence electrons. The standard InChI is InChI=1S/C34H33FN2O5/c1-3-32(38)37(27-17-15-26(35)16-18-27)21-22-42-28-19-13-24(14-20-28)23-31(34(40)41-2)36-30-12-8-7-11-29(30)33(39)25-9-5-4-6-10-25/h4-20,31,36H,3,21-23H2,1-2H3/t31-/m0/s1. The molecule has 0 aliphatic rings. The molecule has 0 saturated heterocycles. The molecule has 4 aromatic rings. The van der Waals surface area contributed by atoms with Gasteiger partial charge in [0.25, 0.3) is 0 Å². The van der Waals surface area contributed by atoms with E-state index in [9.17, 15) is 18.8 Å². The van der Waals surface area contributed by atoms with Gasteiger partial charge in [0.1, 0.15) is 24.2 Å². The number of para-hydroxylation sites is 1. The molecule has 1 atom stereocenters. The van der Waals surface area contributed by atoms with Crippen LogP contribution < -0.4 is 15.0 Å². The van der Waals surface area contributed by atoms with Gasteiger partial charge in [0.2, 0.25) is 5.91 Å². The number of nitrogens with zero attached hydrogens (tertiary/aromatic N) is 1. The van der Waals surface area contributed by atoms with Gasteiger partial charge in [-0.25, -0.2) is 9.18 Å². The Kier molecular flexibility index (Phi) is 10.4. The van der Waals surface area contributed by atoms with Gasteiger partial charge in [-0.2, -0.15) is 0 Å². The van der Waals surface area contributed by atoms with Gasteiger partial charge in [0.15, 0.2) is 5.78 Å². The number of carbonyl (C=O) groups is 3. The highest BCUT2D eigenvalue weighted by Crippen LogP contribution is 2.22. The number of ether oxygens (including phenoxy) is 2. The van der Waals surface area contributed by atoms with E-state index >= 15 is 0 Å². The zero-order valence-electron chi connectivity index (χ0n) is 23.6. The Balaban J connectivity index is 1.41. The first-order valence-corrected chi connectivity index (χ1v) is 13.7. The summed E-state index contributed by atoms with van der Waals surface area (Å²) in [6.07, 6.45) is 0.622. The lowest BCUT2D eigenvalue weighted by atomic mass is 10.00. The molecule has 4 rings (SSSR count). The zero-order chi connectivity index (χ0) is 29.9. The fourth-order valence-electron chi connectivity index (χ4n) is 4.50. The Hall–Kier alpha value is -4.98. The van der Waals surface area contributed by atoms with E-state index in [0.717, 1.165) is 5.56 Å². The van der Waals surface area contributed by atoms with E-state index in [1.807, 2.05) is 18.2 Å². The third-order valence-corrected chi connectivity index (χ3v) is 6.71. The lowest BCUT2D eigenvalue weighted by Crippen LogP contribution is -2.34. The van der Waals surface area contributed by atoms with E-state index in [1.54, 1.807) is 84.6 Å². The molecule has 1 N–H and O–H groups in total. The van der Waals surface area contributed by atoms with Crippen LogP contribution in [0.4, 0.5) is 15.8 Å². The molecule has 0 aliphatic carbocycles. The first kappa shape index (κ1) is 30.0. The Bertz CT molecular complexity index is 1490. The second kappa shape index (κ2) is 14.6. The van der Waals surface area contributed by atoms with Gasteiger partial charge in [-0.3, -0.25) is 9.59 Å². The molecular formula is C34H33FN2O5. The van der Waals surface area contributed by atoms with Crippen LogP contribution in [0.1, 0.15) is 34.8 Å². The van der Waals surface area contributed by atoms with Crippen LogP contribution in [0.3, 0.4) is 0 Å². The maximum absolute atomic E-state index is 13.3. The Morgan fingerprint density at radius 2 is 1.52 bits per heavy atom. The number of rotatable bonds is 13. The monoisotopic (exact) mass is 568 g/mol. The summed E-state index contributed by atoms with van der Waals surface area (Å²) in [5, 5.41) is 3.21. The van der Waals surface area contributed by atoms with Gasteiger partial charge >= 0.3 is 5.97 Å². The van der Waals surface area contributed by atoms with Crippen molar-refractivity contribution in [1.82, 2.24) is 0 Å². The lowest BCUT2D eigenvalue weighted by molar-refractivity contribution is -0.141. The zero-order valence-corrected chi connectivity index (χ0v) is 23.6. The Morgan fingerprint density at radius 1 is 0.857 bits per heavy atom. The van der Waals surface area contributed by atoms with Gasteiger partial charge in [0, 0.05) is 35.3 Å². The van der Waals surface area contributed by atoms with E-state index in [0.29, 0.717) is 47.6 Å². The van der Waals surface area contributed by atoms with Crippen LogP contribution in [0.2, 0.25) is 0 Å². The summed E-state index contributed by atoms with van der Waals surface area (Å²) in [6, 6.07) is 28.4. The molecule has 7 nitrogen and oxygen atoms in total. The van der Waals surface area contributed by atoms with E-state index in [-0.39, 0.29) is 24.1 Å². The van der Waals surface area contributed by atoms with Crippen molar-refractivity contribution in [2.45, 2.75) is 25.8 Å². The van der Waals surface area contributed by atoms with Crippen LogP contribution in [0, 0.1) is 5.82 Å². The van der Waals surface area contributed by atoms with Gasteiger partial charge in [-0.1, -0.05) is 61.5 Å². The van der Waals surface area contributed by atoms with E-state index in [4.69, 9.17) is 9.47 Å². The number of esters is 1. The first-order chi connectivity index (χ1) is 20.4. The molecular weight excluding hydrogens is 535 g/mol. The van der Waals surface area contributed by atoms with Gasteiger partial charge < -0.3 is 19.7 Å². The largest absolute Gasteiger partial charge is 0.492 e. The van der Waals surface area contributed by atoms with Crippen LogP contribution in [0.15, 0.2) is 103 Å². The maximum Gasteiger partial charge on any atom is 0.328 e. The lowest BCUT2D eigenvalue weighted by Gasteiger charge is -2.22. The van der Waals surface area contributed by atoms with Crippen molar-refractivity contribution in [2.75, 3.05) is 30.5 Å². The minimum atomic E-state index is -0.740. The molecule has 4 aromatic carbocycles. The number of methoxy groups -OCH3 is 1. The second-order valence-electron chi connectivity index (χ2n) is 9.53. The number of anilines is 2. The molecule has 0 aromatic heterocycles. The van der Waals surface area contributed by atoms with E-state index in [2.05, 4.69) is 5.32 Å². The summed E-state index contributed by atoms with van der Waals surface area (Å²) in [5.41, 5.74) is 3.00. The predicted octanol–water partition coefficient (Wildman–Crippen LogP) is 6.07. The summed E-state index contributed by atoms with van der Waals surface area (Å²) in [5.74, 6) is -0.466. The minimum absolute atomic E-state index is 0.0889. The van der Waals surface area contributed by atoms with E-state index in [1.165, 1.54) is 19.2 Å². The van der Waals surface area contributed by atoms with Gasteiger partial charge in [-0.05, 0) is 54.1 Å². The number of ketones is 1. The van der Waals surface area contributed by atoms with Crippen molar-refractivity contribution in [3.05, 3.63) is 126 Å². The number of hydrogen-bond donors (Lipinski definition) is 1. The number of benzene rings is 4. The molecule has 0 spiro atoms. The van der Waals surface area contributed by atoms with Crippen molar-refractivity contribution in [3.63, 3.8) is 0 Å². The molecule has 0 heterocycles. The van der Waals surface area contributed by atoms with Crippen molar-refractivity contribution in [1.29, 1.82) is 0 Å². The number of amides is 1. The SMILES string of the molecule is CCC(=O)N(CCOc1ccc(C[C@H](Nc2ccccc2C(=O)c2ccccc2)C(=O)OC)cc1)c1ccc(F)cc1. The molecule has 8 heteroatoms. The smallest absolute Gasteiger partial charge is 0.328 e. The van der Waals surface area contributed by atoms with Gasteiger partial charge in [0.05, 0.1) is 13.7 Å². The molecule has 0 aliphatic heterocycles.